The van der Waals surface area contributed by atoms with Crippen molar-refractivity contribution in [1.82, 2.24) is 15.1 Å². The highest BCUT2D eigenvalue weighted by molar-refractivity contribution is 5.91. The van der Waals surface area contributed by atoms with E-state index in [1.807, 2.05) is 13.8 Å². The van der Waals surface area contributed by atoms with E-state index in [-0.39, 0.29) is 23.7 Å². The van der Waals surface area contributed by atoms with Gasteiger partial charge in [0.15, 0.2) is 5.76 Å². The molecule has 3 rings (SSSR count). The van der Waals surface area contributed by atoms with Crippen molar-refractivity contribution in [1.29, 1.82) is 0 Å². The Morgan fingerprint density at radius 2 is 2.26 bits per heavy atom. The molecule has 3 heterocycles. The normalized spacial score (nSPS) is 21.3. The summed E-state index contributed by atoms with van der Waals surface area (Å²) in [5.74, 6) is 1.70. The molecule has 0 unspecified atom stereocenters. The second kappa shape index (κ2) is 6.54. The van der Waals surface area contributed by atoms with Crippen LogP contribution in [0.5, 0.6) is 0 Å². The van der Waals surface area contributed by atoms with Gasteiger partial charge in [-0.05, 0) is 12.1 Å². The molecule has 0 radical (unpaired) electrons. The van der Waals surface area contributed by atoms with Gasteiger partial charge in [0.25, 0.3) is 5.91 Å². The van der Waals surface area contributed by atoms with E-state index < -0.39 is 0 Å². The maximum atomic E-state index is 12.5. The van der Waals surface area contributed by atoms with E-state index in [0.717, 1.165) is 0 Å². The lowest BCUT2D eigenvalue weighted by atomic mass is 9.97. The Bertz CT molecular complexity index is 650. The van der Waals surface area contributed by atoms with Crippen LogP contribution in [0.15, 0.2) is 27.2 Å². The van der Waals surface area contributed by atoms with Crippen molar-refractivity contribution in [2.24, 2.45) is 5.92 Å². The lowest BCUT2D eigenvalue weighted by Gasteiger charge is -2.14. The first-order valence-electron chi connectivity index (χ1n) is 7.75. The van der Waals surface area contributed by atoms with E-state index in [4.69, 9.17) is 13.6 Å². The maximum absolute atomic E-state index is 12.5. The van der Waals surface area contributed by atoms with Crippen molar-refractivity contribution in [3.8, 4) is 0 Å². The zero-order chi connectivity index (χ0) is 16.4. The van der Waals surface area contributed by atoms with Gasteiger partial charge < -0.3 is 18.5 Å². The van der Waals surface area contributed by atoms with Crippen LogP contribution in [0, 0.1) is 5.92 Å². The average molecular weight is 319 g/mol. The van der Waals surface area contributed by atoms with Crippen LogP contribution in [-0.2, 0) is 4.74 Å². The van der Waals surface area contributed by atoms with E-state index in [1.54, 1.807) is 24.1 Å². The summed E-state index contributed by atoms with van der Waals surface area (Å²) < 4.78 is 16.3. The lowest BCUT2D eigenvalue weighted by molar-refractivity contribution is 0.0744. The molecule has 23 heavy (non-hydrogen) atoms. The van der Waals surface area contributed by atoms with E-state index in [0.29, 0.717) is 37.2 Å². The largest absolute Gasteiger partial charge is 0.459 e. The second-order valence-corrected chi connectivity index (χ2v) is 6.14. The van der Waals surface area contributed by atoms with Crippen molar-refractivity contribution in [2.45, 2.75) is 25.7 Å². The molecule has 0 bridgehead atoms. The number of carbonyl (C=O) groups excluding carboxylic acids is 1. The summed E-state index contributed by atoms with van der Waals surface area (Å²) in [6.07, 6.45) is 1.50. The van der Waals surface area contributed by atoms with Gasteiger partial charge in [-0.3, -0.25) is 4.79 Å². The number of amides is 1. The Hall–Kier alpha value is -2.15. The summed E-state index contributed by atoms with van der Waals surface area (Å²) in [5, 5.41) is 8.27. The van der Waals surface area contributed by atoms with Crippen LogP contribution in [0.25, 0.3) is 0 Å². The maximum Gasteiger partial charge on any atom is 0.289 e. The molecule has 1 aliphatic heterocycles. The van der Waals surface area contributed by atoms with Crippen LogP contribution < -0.4 is 0 Å². The molecule has 2 aromatic heterocycles. The minimum absolute atomic E-state index is 0.0196. The second-order valence-electron chi connectivity index (χ2n) is 6.14. The summed E-state index contributed by atoms with van der Waals surface area (Å²) in [4.78, 5) is 14.2. The van der Waals surface area contributed by atoms with E-state index in [9.17, 15) is 4.79 Å². The molecule has 0 aromatic carbocycles. The Balaban J connectivity index is 1.79. The van der Waals surface area contributed by atoms with Crippen LogP contribution in [0.3, 0.4) is 0 Å². The Kier molecular flexibility index (Phi) is 4.47. The molecule has 0 N–H and O–H groups in total. The summed E-state index contributed by atoms with van der Waals surface area (Å²) >= 11 is 0. The molecule has 2 atom stereocenters. The molecule has 7 heteroatoms. The summed E-state index contributed by atoms with van der Waals surface area (Å²) in [7, 11) is 1.65. The van der Waals surface area contributed by atoms with Crippen molar-refractivity contribution < 1.29 is 18.4 Å². The fourth-order valence-corrected chi connectivity index (χ4v) is 2.89. The molecule has 0 saturated carbocycles. The molecule has 2 aromatic rings. The number of ether oxygens (including phenoxy) is 1. The molecular formula is C16H21N3O4. The van der Waals surface area contributed by atoms with E-state index in [2.05, 4.69) is 10.2 Å². The van der Waals surface area contributed by atoms with Gasteiger partial charge in [-0.2, -0.15) is 0 Å². The highest BCUT2D eigenvalue weighted by Crippen LogP contribution is 2.33. The Morgan fingerprint density at radius 3 is 2.87 bits per heavy atom. The third-order valence-electron chi connectivity index (χ3n) is 4.11. The highest BCUT2D eigenvalue weighted by atomic mass is 16.5. The minimum Gasteiger partial charge on any atom is -0.459 e. The average Bonchev–Trinajstić information content (AvgIpc) is 3.26. The summed E-state index contributed by atoms with van der Waals surface area (Å²) in [6.45, 7) is 5.65. The number of rotatable bonds is 5. The fraction of sp³-hybridized carbons (Fsp3) is 0.562. The van der Waals surface area contributed by atoms with Gasteiger partial charge in [0.1, 0.15) is 0 Å². The fourth-order valence-electron chi connectivity index (χ4n) is 2.89. The molecule has 0 aliphatic carbocycles. The number of likely N-dealkylation sites (tertiary alicyclic amines) is 1. The van der Waals surface area contributed by atoms with Gasteiger partial charge in [0.2, 0.25) is 11.8 Å². The number of furan rings is 1. The molecule has 1 fully saturated rings. The zero-order valence-electron chi connectivity index (χ0n) is 13.6. The minimum atomic E-state index is -0.123. The molecule has 1 amide bonds. The van der Waals surface area contributed by atoms with E-state index >= 15 is 0 Å². The lowest BCUT2D eigenvalue weighted by Crippen LogP contribution is -2.29. The van der Waals surface area contributed by atoms with Crippen LogP contribution in [0.2, 0.25) is 0 Å². The Labute approximate surface area is 134 Å². The van der Waals surface area contributed by atoms with Crippen molar-refractivity contribution in [3.63, 3.8) is 0 Å². The molecule has 7 nitrogen and oxygen atoms in total. The highest BCUT2D eigenvalue weighted by Gasteiger charge is 2.40. The quantitative estimate of drug-likeness (QED) is 0.841. The first-order valence-corrected chi connectivity index (χ1v) is 7.75. The standard InChI is InChI=1S/C16H21N3O4/c1-10(2)14-17-18-15(23-14)12-8-19(7-11(12)9-21-3)16(20)13-5-4-6-22-13/h4-6,10-12H,7-9H2,1-3H3/t11-,12+/m0/s1. The van der Waals surface area contributed by atoms with Gasteiger partial charge in [-0.25, -0.2) is 0 Å². The van der Waals surface area contributed by atoms with Crippen LogP contribution in [0.4, 0.5) is 0 Å². The predicted octanol–water partition coefficient (Wildman–Crippen LogP) is 2.29. The zero-order valence-corrected chi connectivity index (χ0v) is 13.6. The number of hydrogen-bond donors (Lipinski definition) is 0. The van der Waals surface area contributed by atoms with E-state index in [1.165, 1.54) is 6.26 Å². The SMILES string of the molecule is COC[C@@H]1CN(C(=O)c2ccco2)C[C@H]1c1nnc(C(C)C)o1. The smallest absolute Gasteiger partial charge is 0.289 e. The molecule has 124 valence electrons. The summed E-state index contributed by atoms with van der Waals surface area (Å²) in [5.41, 5.74) is 0. The van der Waals surface area contributed by atoms with Gasteiger partial charge >= 0.3 is 0 Å². The first kappa shape index (κ1) is 15.7. The van der Waals surface area contributed by atoms with Gasteiger partial charge in [0, 0.05) is 32.0 Å². The molecular weight excluding hydrogens is 298 g/mol. The van der Waals surface area contributed by atoms with Crippen molar-refractivity contribution in [2.75, 3.05) is 26.8 Å². The Morgan fingerprint density at radius 1 is 1.43 bits per heavy atom. The van der Waals surface area contributed by atoms with Crippen LogP contribution in [0.1, 0.15) is 48.0 Å². The number of carbonyl (C=O) groups is 1. The molecule has 1 saturated heterocycles. The van der Waals surface area contributed by atoms with Gasteiger partial charge in [-0.1, -0.05) is 13.8 Å². The molecule has 0 spiro atoms. The van der Waals surface area contributed by atoms with Gasteiger partial charge in [0.05, 0.1) is 18.8 Å². The van der Waals surface area contributed by atoms with Crippen molar-refractivity contribution in [3.05, 3.63) is 35.9 Å². The van der Waals surface area contributed by atoms with Gasteiger partial charge in [-0.15, -0.1) is 10.2 Å². The predicted molar refractivity (Wildman–Crippen MR) is 81.1 cm³/mol. The third-order valence-corrected chi connectivity index (χ3v) is 4.11. The van der Waals surface area contributed by atoms with Crippen LogP contribution in [-0.4, -0.2) is 47.8 Å². The van der Waals surface area contributed by atoms with Crippen molar-refractivity contribution >= 4 is 5.91 Å². The number of nitrogens with zero attached hydrogens (tertiary/aromatic N) is 3. The summed E-state index contributed by atoms with van der Waals surface area (Å²) in [6, 6.07) is 3.38. The number of hydrogen-bond acceptors (Lipinski definition) is 6. The topological polar surface area (TPSA) is 81.6 Å². The first-order chi connectivity index (χ1) is 11.1. The van der Waals surface area contributed by atoms with Crippen LogP contribution >= 0.6 is 0 Å². The third kappa shape index (κ3) is 3.14. The number of aromatic nitrogens is 2. The monoisotopic (exact) mass is 319 g/mol. The molecule has 1 aliphatic rings. The number of methoxy groups -OCH3 is 1.